The van der Waals surface area contributed by atoms with Crippen molar-refractivity contribution in [3.05, 3.63) is 35.9 Å². The molecule has 0 fully saturated rings. The van der Waals surface area contributed by atoms with Gasteiger partial charge >= 0.3 is 5.97 Å². The number of ether oxygens (including phenoxy) is 2. The van der Waals surface area contributed by atoms with Crippen LogP contribution in [0.3, 0.4) is 0 Å². The maximum Gasteiger partial charge on any atom is 0.323 e. The van der Waals surface area contributed by atoms with Gasteiger partial charge in [0.15, 0.2) is 5.92 Å². The second-order valence-electron chi connectivity index (χ2n) is 5.84. The Bertz CT molecular complexity index is 710. The van der Waals surface area contributed by atoms with Crippen LogP contribution in [0.25, 0.3) is 0 Å². The number of ketones is 1. The first kappa shape index (κ1) is 18.5. The van der Waals surface area contributed by atoms with Crippen molar-refractivity contribution in [2.75, 3.05) is 6.61 Å². The van der Waals surface area contributed by atoms with Crippen LogP contribution in [0.1, 0.15) is 32.8 Å². The maximum atomic E-state index is 12.1. The number of carbonyl (C=O) groups is 2. The summed E-state index contributed by atoms with van der Waals surface area (Å²) in [6.45, 7) is 4.72. The van der Waals surface area contributed by atoms with Gasteiger partial charge in [0.1, 0.15) is 5.78 Å². The fraction of sp³-hybridized carbons (Fsp3) is 0.444. The second kappa shape index (κ2) is 7.79. The number of carbonyl (C=O) groups excluding carboxylic acids is 2. The molecular formula is C18H20N2O5. The van der Waals surface area contributed by atoms with Crippen molar-refractivity contribution >= 4 is 17.7 Å². The van der Waals surface area contributed by atoms with Crippen molar-refractivity contribution < 1.29 is 23.9 Å². The molecule has 7 nitrogen and oxygen atoms in total. The lowest BCUT2D eigenvalue weighted by atomic mass is 9.82. The molecule has 0 spiro atoms. The monoisotopic (exact) mass is 344 g/mol. The van der Waals surface area contributed by atoms with Crippen LogP contribution in [0.5, 0.6) is 0 Å². The molecule has 0 amide bonds. The van der Waals surface area contributed by atoms with E-state index in [1.54, 1.807) is 26.0 Å². The number of nitrogens with zero attached hydrogens (tertiary/aromatic N) is 2. The second-order valence-corrected chi connectivity index (χ2v) is 5.84. The molecule has 0 aliphatic carbocycles. The number of nitriles is 1. The Morgan fingerprint density at radius 2 is 2.04 bits per heavy atom. The molecule has 3 atom stereocenters. The van der Waals surface area contributed by atoms with E-state index in [0.29, 0.717) is 5.56 Å². The molecule has 0 N–H and O–H groups in total. The van der Waals surface area contributed by atoms with Crippen molar-refractivity contribution in [2.45, 2.75) is 33.0 Å². The highest BCUT2D eigenvalue weighted by Crippen LogP contribution is 2.37. The number of benzene rings is 1. The van der Waals surface area contributed by atoms with Crippen LogP contribution in [0, 0.1) is 23.2 Å². The molecule has 7 heteroatoms. The molecule has 1 aromatic carbocycles. The largest absolute Gasteiger partial charge is 0.465 e. The molecule has 1 aromatic rings. The lowest BCUT2D eigenvalue weighted by Gasteiger charge is -2.32. The van der Waals surface area contributed by atoms with E-state index in [1.165, 1.54) is 6.92 Å². The summed E-state index contributed by atoms with van der Waals surface area (Å²) in [5, 5.41) is 13.4. The number of hydrogen-bond acceptors (Lipinski definition) is 7. The summed E-state index contributed by atoms with van der Waals surface area (Å²) in [4.78, 5) is 29.3. The minimum Gasteiger partial charge on any atom is -0.465 e. The van der Waals surface area contributed by atoms with Gasteiger partial charge in [0.25, 0.3) is 11.7 Å². The predicted octanol–water partition coefficient (Wildman–Crippen LogP) is 2.41. The first-order chi connectivity index (χ1) is 11.9. The van der Waals surface area contributed by atoms with Gasteiger partial charge in [0, 0.05) is 18.9 Å². The third-order valence-corrected chi connectivity index (χ3v) is 3.89. The highest BCUT2D eigenvalue weighted by atomic mass is 16.8. The van der Waals surface area contributed by atoms with Crippen LogP contribution in [-0.4, -0.2) is 30.0 Å². The van der Waals surface area contributed by atoms with E-state index in [0.717, 1.165) is 0 Å². The van der Waals surface area contributed by atoms with Crippen molar-refractivity contribution in [1.82, 2.24) is 0 Å². The summed E-state index contributed by atoms with van der Waals surface area (Å²) >= 11 is 0. The van der Waals surface area contributed by atoms with Crippen molar-refractivity contribution in [3.63, 3.8) is 0 Å². The Morgan fingerprint density at radius 3 is 2.60 bits per heavy atom. The molecule has 132 valence electrons. The van der Waals surface area contributed by atoms with Crippen molar-refractivity contribution in [3.8, 4) is 6.07 Å². The summed E-state index contributed by atoms with van der Waals surface area (Å²) < 4.78 is 10.8. The van der Waals surface area contributed by atoms with Gasteiger partial charge in [-0.15, -0.1) is 0 Å². The number of hydrogen-bond donors (Lipinski definition) is 0. The van der Waals surface area contributed by atoms with Crippen LogP contribution >= 0.6 is 0 Å². The summed E-state index contributed by atoms with van der Waals surface area (Å²) in [5.74, 6) is -4.17. The third-order valence-electron chi connectivity index (χ3n) is 3.89. The fourth-order valence-electron chi connectivity index (χ4n) is 2.65. The van der Waals surface area contributed by atoms with Gasteiger partial charge < -0.3 is 19.1 Å². The summed E-state index contributed by atoms with van der Waals surface area (Å²) in [6, 6.07) is 11.0. The maximum absolute atomic E-state index is 12.1. The molecule has 0 saturated heterocycles. The Balaban J connectivity index is 2.27. The molecule has 25 heavy (non-hydrogen) atoms. The lowest BCUT2D eigenvalue weighted by molar-refractivity contribution is -0.199. The summed E-state index contributed by atoms with van der Waals surface area (Å²) in [5.41, 5.74) is 0.692. The van der Waals surface area contributed by atoms with Gasteiger partial charge in [-0.1, -0.05) is 18.2 Å². The van der Waals surface area contributed by atoms with E-state index < -0.39 is 23.6 Å². The SMILES string of the molecule is CCOC(=O)C(C#N)C(CC(C)=O)C1(C)ON=C(c2ccccc2)O1. The normalized spacial score (nSPS) is 21.1. The average molecular weight is 344 g/mol. The Kier molecular flexibility index (Phi) is 5.75. The van der Waals surface area contributed by atoms with Crippen LogP contribution in [0.15, 0.2) is 35.5 Å². The Hall–Kier alpha value is -2.88. The zero-order valence-electron chi connectivity index (χ0n) is 14.4. The Labute approximate surface area is 146 Å². The molecule has 0 bridgehead atoms. The number of Topliss-reactive ketones (excluding diaryl/α,β-unsaturated/α-hetero) is 1. The first-order valence-electron chi connectivity index (χ1n) is 7.97. The molecular weight excluding hydrogens is 324 g/mol. The average Bonchev–Trinajstić information content (AvgIpc) is 2.99. The van der Waals surface area contributed by atoms with E-state index in [-0.39, 0.29) is 24.7 Å². The minimum atomic E-state index is -1.43. The quantitative estimate of drug-likeness (QED) is 0.705. The first-order valence-corrected chi connectivity index (χ1v) is 7.97. The highest BCUT2D eigenvalue weighted by molar-refractivity contribution is 5.94. The van der Waals surface area contributed by atoms with Crippen LogP contribution in [0.2, 0.25) is 0 Å². The summed E-state index contributed by atoms with van der Waals surface area (Å²) in [6.07, 6.45) is -0.0782. The van der Waals surface area contributed by atoms with Crippen LogP contribution in [0.4, 0.5) is 0 Å². The Morgan fingerprint density at radius 1 is 1.36 bits per heavy atom. The molecule has 1 heterocycles. The van der Waals surface area contributed by atoms with Gasteiger partial charge in [-0.2, -0.15) is 5.26 Å². The molecule has 3 unspecified atom stereocenters. The lowest BCUT2D eigenvalue weighted by Crippen LogP contribution is -2.45. The zero-order valence-corrected chi connectivity index (χ0v) is 14.4. The van der Waals surface area contributed by atoms with Gasteiger partial charge in [-0.3, -0.25) is 4.79 Å². The molecule has 0 aromatic heterocycles. The van der Waals surface area contributed by atoms with E-state index in [4.69, 9.17) is 14.3 Å². The standard InChI is InChI=1S/C18H20N2O5/c1-4-23-17(22)14(11-19)15(10-12(2)21)18(3)24-16(20-25-18)13-8-6-5-7-9-13/h5-9,14-15H,4,10H2,1-3H3. The molecule has 0 radical (unpaired) electrons. The predicted molar refractivity (Wildman–Crippen MR) is 88.1 cm³/mol. The zero-order chi connectivity index (χ0) is 18.4. The molecule has 1 aliphatic heterocycles. The van der Waals surface area contributed by atoms with Crippen molar-refractivity contribution in [1.29, 1.82) is 5.26 Å². The van der Waals surface area contributed by atoms with Gasteiger partial charge in [-0.05, 0) is 31.1 Å². The van der Waals surface area contributed by atoms with E-state index in [9.17, 15) is 14.9 Å². The van der Waals surface area contributed by atoms with Crippen LogP contribution < -0.4 is 0 Å². The van der Waals surface area contributed by atoms with Crippen molar-refractivity contribution in [2.24, 2.45) is 17.0 Å². The van der Waals surface area contributed by atoms with Gasteiger partial charge in [0.2, 0.25) is 0 Å². The molecule has 2 rings (SSSR count). The number of oxime groups is 1. The smallest absolute Gasteiger partial charge is 0.323 e. The highest BCUT2D eigenvalue weighted by Gasteiger charge is 2.51. The number of esters is 1. The third kappa shape index (κ3) is 4.15. The fourth-order valence-corrected chi connectivity index (χ4v) is 2.65. The topological polar surface area (TPSA) is 98.0 Å². The molecule has 0 saturated carbocycles. The van der Waals surface area contributed by atoms with E-state index >= 15 is 0 Å². The summed E-state index contributed by atoms with van der Waals surface area (Å²) in [7, 11) is 0. The van der Waals surface area contributed by atoms with Gasteiger partial charge in [0.05, 0.1) is 18.6 Å². The molecule has 1 aliphatic rings. The minimum absolute atomic E-state index is 0.0782. The van der Waals surface area contributed by atoms with E-state index in [1.807, 2.05) is 24.3 Å². The number of rotatable bonds is 7. The van der Waals surface area contributed by atoms with Gasteiger partial charge in [-0.25, -0.2) is 0 Å². The van der Waals surface area contributed by atoms with E-state index in [2.05, 4.69) is 5.16 Å². The van der Waals surface area contributed by atoms with Crippen LogP contribution in [-0.2, 0) is 23.9 Å².